The highest BCUT2D eigenvalue weighted by atomic mass is 16.5. The fourth-order valence-electron chi connectivity index (χ4n) is 8.59. The van der Waals surface area contributed by atoms with Crippen LogP contribution in [0.4, 0.5) is 9.59 Å². The zero-order valence-corrected chi connectivity index (χ0v) is 33.2. The summed E-state index contributed by atoms with van der Waals surface area (Å²) in [7, 11) is 1.27. The molecule has 7 aromatic rings. The first kappa shape index (κ1) is 38.8. The number of hydrogen-bond donors (Lipinski definition) is 5. The second-order valence-electron chi connectivity index (χ2n) is 15.3. The molecule has 306 valence electrons. The Kier molecular flexibility index (Phi) is 10.5. The monoisotopic (exact) mass is 814 g/mol. The molecule has 0 radical (unpaired) electrons. The quantitative estimate of drug-likeness (QED) is 0.0981. The number of aromatic nitrogens is 4. The summed E-state index contributed by atoms with van der Waals surface area (Å²) < 4.78 is 4.83. The number of carbonyl (C=O) groups is 4. The number of ether oxygens (including phenoxy) is 1. The lowest BCUT2D eigenvalue weighted by Crippen LogP contribution is -2.42. The third-order valence-corrected chi connectivity index (χ3v) is 11.5. The van der Waals surface area contributed by atoms with E-state index in [0.29, 0.717) is 42.3 Å². The number of nitrogens with one attached hydrogen (secondary N) is 4. The number of carboxylic acid groups (broad SMARTS) is 1. The van der Waals surface area contributed by atoms with Crippen molar-refractivity contribution in [1.82, 2.24) is 40.4 Å². The molecule has 2 fully saturated rings. The molecule has 0 saturated carbocycles. The van der Waals surface area contributed by atoms with Crippen LogP contribution in [-0.2, 0) is 14.3 Å². The van der Waals surface area contributed by atoms with Gasteiger partial charge < -0.3 is 40.2 Å². The van der Waals surface area contributed by atoms with Gasteiger partial charge in [0, 0.05) is 29.6 Å². The number of methoxy groups -OCH3 is 1. The van der Waals surface area contributed by atoms with Gasteiger partial charge in [0.2, 0.25) is 0 Å². The molecule has 5 N–H and O–H groups in total. The molecule has 0 bridgehead atoms. The summed E-state index contributed by atoms with van der Waals surface area (Å²) in [5, 5.41) is 16.6. The summed E-state index contributed by atoms with van der Waals surface area (Å²) in [6.45, 7) is 1.03. The summed E-state index contributed by atoms with van der Waals surface area (Å²) in [4.78, 5) is 72.0. The largest absolute Gasteiger partial charge is 0.465 e. The van der Waals surface area contributed by atoms with Crippen LogP contribution in [0.25, 0.3) is 32.8 Å². The maximum Gasteiger partial charge on any atom is 0.407 e. The standard InChI is InChI=1S/C47H42N8O6/c1-61-47(60)53-40(31-12-6-3-7-13-31)45(57)54-24-8-14-37(54)42-48-34-22-19-29(27-36(34)50-42)17-16-28-18-21-33-32(26-28)20-23-35-41(33)51-43(49-35)38-15-9-25-55(38)44(56)39(52-46(58)59)30-10-4-2-5-11-30/h2-7,10-13,18-23,26-27,37-40,52H,8-9,14-15,24-25H2,1H3,(H,48,50)(H,49,51)(H,53,60)(H,58,59)/t37-,38-,39+,40+/m0/s1. The van der Waals surface area contributed by atoms with E-state index in [-0.39, 0.29) is 23.9 Å². The number of imidazole rings is 2. The van der Waals surface area contributed by atoms with Crippen LogP contribution in [0.5, 0.6) is 0 Å². The molecule has 61 heavy (non-hydrogen) atoms. The van der Waals surface area contributed by atoms with Crippen LogP contribution in [-0.4, -0.2) is 79.0 Å². The zero-order chi connectivity index (χ0) is 42.0. The Balaban J connectivity index is 0.928. The first-order valence-corrected chi connectivity index (χ1v) is 20.2. The van der Waals surface area contributed by atoms with Gasteiger partial charge in [-0.25, -0.2) is 19.6 Å². The lowest BCUT2D eigenvalue weighted by atomic mass is 10.1. The fourth-order valence-corrected chi connectivity index (χ4v) is 8.59. The van der Waals surface area contributed by atoms with E-state index in [1.807, 2.05) is 84.9 Å². The first-order chi connectivity index (χ1) is 29.7. The number of likely N-dealkylation sites (tertiary alicyclic amines) is 2. The molecule has 9 rings (SSSR count). The van der Waals surface area contributed by atoms with Gasteiger partial charge in [-0.1, -0.05) is 84.6 Å². The molecule has 0 unspecified atom stereocenters. The van der Waals surface area contributed by atoms with E-state index < -0.39 is 24.3 Å². The van der Waals surface area contributed by atoms with Crippen LogP contribution in [0.15, 0.2) is 109 Å². The van der Waals surface area contributed by atoms with E-state index in [1.165, 1.54) is 7.11 Å². The third-order valence-electron chi connectivity index (χ3n) is 11.5. The van der Waals surface area contributed by atoms with Gasteiger partial charge in [0.1, 0.15) is 23.7 Å². The van der Waals surface area contributed by atoms with E-state index in [0.717, 1.165) is 63.2 Å². The van der Waals surface area contributed by atoms with Gasteiger partial charge in [0.15, 0.2) is 0 Å². The van der Waals surface area contributed by atoms with Crippen molar-refractivity contribution in [1.29, 1.82) is 0 Å². The van der Waals surface area contributed by atoms with Crippen molar-refractivity contribution in [3.8, 4) is 11.8 Å². The maximum absolute atomic E-state index is 14.0. The second-order valence-corrected chi connectivity index (χ2v) is 15.3. The predicted octanol–water partition coefficient (Wildman–Crippen LogP) is 7.43. The normalized spacial score (nSPS) is 17.2. The maximum atomic E-state index is 14.0. The molecule has 4 heterocycles. The van der Waals surface area contributed by atoms with Crippen LogP contribution in [0.3, 0.4) is 0 Å². The van der Waals surface area contributed by atoms with Crippen LogP contribution in [0.1, 0.15) is 83.8 Å². The van der Waals surface area contributed by atoms with Crippen LogP contribution in [0.2, 0.25) is 0 Å². The number of carbonyl (C=O) groups excluding carboxylic acids is 3. The van der Waals surface area contributed by atoms with Crippen molar-refractivity contribution >= 4 is 56.8 Å². The van der Waals surface area contributed by atoms with Crippen LogP contribution < -0.4 is 10.6 Å². The fraction of sp³-hybridized carbons (Fsp3) is 0.234. The Morgan fingerprint density at radius 3 is 1.90 bits per heavy atom. The summed E-state index contributed by atoms with van der Waals surface area (Å²) in [5.41, 5.74) is 6.07. The number of amides is 4. The van der Waals surface area contributed by atoms with Gasteiger partial charge >= 0.3 is 12.2 Å². The molecular weight excluding hydrogens is 773 g/mol. The van der Waals surface area contributed by atoms with Gasteiger partial charge in [-0.15, -0.1) is 0 Å². The average molecular weight is 815 g/mol. The van der Waals surface area contributed by atoms with Gasteiger partial charge in [-0.05, 0) is 78.6 Å². The lowest BCUT2D eigenvalue weighted by Gasteiger charge is -2.28. The lowest BCUT2D eigenvalue weighted by molar-refractivity contribution is -0.135. The predicted molar refractivity (Wildman–Crippen MR) is 228 cm³/mol. The Morgan fingerprint density at radius 1 is 0.705 bits per heavy atom. The number of H-pyrrole nitrogens is 2. The van der Waals surface area contributed by atoms with E-state index in [2.05, 4.69) is 32.4 Å². The summed E-state index contributed by atoms with van der Waals surface area (Å²) in [6, 6.07) is 31.3. The number of benzene rings is 5. The number of hydrogen-bond acceptors (Lipinski definition) is 7. The second kappa shape index (κ2) is 16.5. The van der Waals surface area contributed by atoms with Crippen molar-refractivity contribution in [2.75, 3.05) is 20.2 Å². The first-order valence-electron chi connectivity index (χ1n) is 20.2. The summed E-state index contributed by atoms with van der Waals surface area (Å²) in [6.07, 6.45) is 1.05. The minimum Gasteiger partial charge on any atom is -0.465 e. The Bertz CT molecular complexity index is 2860. The van der Waals surface area contributed by atoms with E-state index >= 15 is 0 Å². The topological polar surface area (TPSA) is 186 Å². The molecule has 4 atom stereocenters. The van der Waals surface area contributed by atoms with E-state index in [1.54, 1.807) is 34.1 Å². The molecule has 0 spiro atoms. The van der Waals surface area contributed by atoms with Gasteiger partial charge in [-0.3, -0.25) is 9.59 Å². The van der Waals surface area contributed by atoms with Crippen LogP contribution >= 0.6 is 0 Å². The SMILES string of the molecule is COC(=O)N[C@@H](C(=O)N1CCC[C@H]1c1nc2ccc(C#Cc3ccc4c(ccc5[nH]c([C@@H]6CCCN6C(=O)[C@H](NC(=O)O)c6ccccc6)nc54)c3)cc2[nH]1)c1ccccc1. The minimum atomic E-state index is -1.27. The third kappa shape index (κ3) is 7.81. The summed E-state index contributed by atoms with van der Waals surface area (Å²) >= 11 is 0. The van der Waals surface area contributed by atoms with E-state index in [9.17, 15) is 24.3 Å². The molecule has 2 aromatic heterocycles. The number of aromatic amines is 2. The number of nitrogens with zero attached hydrogens (tertiary/aromatic N) is 4. The highest BCUT2D eigenvalue weighted by Crippen LogP contribution is 2.36. The molecule has 14 heteroatoms. The van der Waals surface area contributed by atoms with Crippen molar-refractivity contribution in [3.05, 3.63) is 143 Å². The van der Waals surface area contributed by atoms with Gasteiger partial charge in [0.25, 0.3) is 11.8 Å². The van der Waals surface area contributed by atoms with Gasteiger partial charge in [-0.2, -0.15) is 0 Å². The molecule has 0 aliphatic carbocycles. The smallest absolute Gasteiger partial charge is 0.407 e. The molecule has 2 aliphatic heterocycles. The molecule has 2 saturated heterocycles. The van der Waals surface area contributed by atoms with E-state index in [4.69, 9.17) is 14.7 Å². The van der Waals surface area contributed by atoms with Crippen LogP contribution in [0, 0.1) is 11.8 Å². The minimum absolute atomic E-state index is 0.230. The van der Waals surface area contributed by atoms with Crippen molar-refractivity contribution in [2.24, 2.45) is 0 Å². The number of fused-ring (bicyclic) bond motifs is 4. The highest BCUT2D eigenvalue weighted by Gasteiger charge is 2.38. The summed E-state index contributed by atoms with van der Waals surface area (Å²) in [5.74, 6) is 7.39. The van der Waals surface area contributed by atoms with Crippen molar-refractivity contribution in [3.63, 3.8) is 0 Å². The Labute approximate surface area is 350 Å². The van der Waals surface area contributed by atoms with Crippen molar-refractivity contribution in [2.45, 2.75) is 49.9 Å². The zero-order valence-electron chi connectivity index (χ0n) is 33.2. The average Bonchev–Trinajstić information content (AvgIpc) is 4.12. The Morgan fingerprint density at radius 2 is 1.28 bits per heavy atom. The molecule has 2 aliphatic rings. The van der Waals surface area contributed by atoms with Gasteiger partial charge in [0.05, 0.1) is 41.3 Å². The number of alkyl carbamates (subject to hydrolysis) is 1. The van der Waals surface area contributed by atoms with Crippen molar-refractivity contribution < 1.29 is 29.0 Å². The Hall–Kier alpha value is -7.66. The number of rotatable bonds is 8. The molecular formula is C47H42N8O6. The molecule has 14 nitrogen and oxygen atoms in total. The molecule has 4 amide bonds. The molecule has 5 aromatic carbocycles. The highest BCUT2D eigenvalue weighted by molar-refractivity contribution is 6.04.